The number of ketones is 2. The fourth-order valence-corrected chi connectivity index (χ4v) is 2.33. The molecule has 0 spiro atoms. The van der Waals surface area contributed by atoms with Crippen LogP contribution in [0.1, 0.15) is 0 Å². The third-order valence-electron chi connectivity index (χ3n) is 2.91. The fourth-order valence-electron chi connectivity index (χ4n) is 2.07. The highest BCUT2D eigenvalue weighted by atomic mass is 35.5. The lowest BCUT2D eigenvalue weighted by Gasteiger charge is -2.05. The first-order chi connectivity index (χ1) is 8.18. The highest BCUT2D eigenvalue weighted by Gasteiger charge is 2.20. The molecule has 0 saturated heterocycles. The van der Waals surface area contributed by atoms with Crippen LogP contribution in [-0.4, -0.2) is 11.6 Å². The van der Waals surface area contributed by atoms with E-state index in [-0.39, 0.29) is 5.03 Å². The summed E-state index contributed by atoms with van der Waals surface area (Å²) in [6.07, 6.45) is 1.37. The molecule has 0 bridgehead atoms. The van der Waals surface area contributed by atoms with E-state index in [9.17, 15) is 9.59 Å². The summed E-state index contributed by atoms with van der Waals surface area (Å²) in [6, 6.07) is 11.4. The molecule has 0 unspecified atom stereocenters. The SMILES string of the molecule is O=C1C=c2c(ccc3ccccc23)=C(Cl)C1=O. The van der Waals surface area contributed by atoms with Crippen molar-refractivity contribution in [2.24, 2.45) is 0 Å². The third-order valence-corrected chi connectivity index (χ3v) is 3.28. The maximum atomic E-state index is 11.5. The van der Waals surface area contributed by atoms with E-state index in [2.05, 4.69) is 0 Å². The summed E-state index contributed by atoms with van der Waals surface area (Å²) in [7, 11) is 0. The molecule has 2 aromatic rings. The second-order valence-corrected chi connectivity index (χ2v) is 4.28. The molecule has 0 saturated carbocycles. The lowest BCUT2D eigenvalue weighted by atomic mass is 10.00. The molecule has 1 aliphatic carbocycles. The number of Topliss-reactive ketones (excluding diaryl/α,β-unsaturated/α-hetero) is 2. The number of halogens is 1. The second-order valence-electron chi connectivity index (χ2n) is 3.90. The predicted molar refractivity (Wildman–Crippen MR) is 66.9 cm³/mol. The van der Waals surface area contributed by atoms with Crippen LogP contribution in [-0.2, 0) is 9.59 Å². The molecule has 0 radical (unpaired) electrons. The van der Waals surface area contributed by atoms with E-state index in [0.29, 0.717) is 5.22 Å². The largest absolute Gasteiger partial charge is 0.285 e. The first-order valence-electron chi connectivity index (χ1n) is 5.16. The van der Waals surface area contributed by atoms with Crippen LogP contribution >= 0.6 is 11.6 Å². The maximum absolute atomic E-state index is 11.5. The lowest BCUT2D eigenvalue weighted by Crippen LogP contribution is -2.36. The van der Waals surface area contributed by atoms with Crippen LogP contribution in [0.5, 0.6) is 0 Å². The van der Waals surface area contributed by atoms with Crippen LogP contribution in [0.25, 0.3) is 21.9 Å². The third kappa shape index (κ3) is 1.41. The summed E-state index contributed by atoms with van der Waals surface area (Å²) in [5.74, 6) is -1.19. The molecule has 0 aliphatic heterocycles. The molecule has 82 valence electrons. The van der Waals surface area contributed by atoms with Crippen molar-refractivity contribution in [2.45, 2.75) is 0 Å². The van der Waals surface area contributed by atoms with Gasteiger partial charge in [0.05, 0.1) is 5.03 Å². The monoisotopic (exact) mass is 242 g/mol. The Kier molecular flexibility index (Phi) is 2.13. The van der Waals surface area contributed by atoms with Crippen LogP contribution in [0.4, 0.5) is 0 Å². The van der Waals surface area contributed by atoms with E-state index in [1.165, 1.54) is 6.08 Å². The van der Waals surface area contributed by atoms with Gasteiger partial charge in [-0.2, -0.15) is 0 Å². The van der Waals surface area contributed by atoms with Gasteiger partial charge in [0.1, 0.15) is 0 Å². The molecule has 1 aliphatic rings. The van der Waals surface area contributed by atoms with Gasteiger partial charge in [0.25, 0.3) is 0 Å². The Balaban J connectivity index is 2.63. The summed E-state index contributed by atoms with van der Waals surface area (Å²) in [6.45, 7) is 0. The molecule has 0 amide bonds. The number of benzene rings is 2. The topological polar surface area (TPSA) is 34.1 Å². The molecule has 0 N–H and O–H groups in total. The van der Waals surface area contributed by atoms with Gasteiger partial charge < -0.3 is 0 Å². The van der Waals surface area contributed by atoms with Crippen LogP contribution in [0, 0.1) is 0 Å². The molecule has 0 heterocycles. The Hall–Kier alpha value is -1.93. The van der Waals surface area contributed by atoms with Crippen LogP contribution in [0.2, 0.25) is 0 Å². The Morgan fingerprint density at radius 3 is 2.53 bits per heavy atom. The summed E-state index contributed by atoms with van der Waals surface area (Å²) in [5.41, 5.74) is 0. The van der Waals surface area contributed by atoms with Crippen molar-refractivity contribution in [2.75, 3.05) is 0 Å². The van der Waals surface area contributed by atoms with Gasteiger partial charge in [0.15, 0.2) is 0 Å². The molecule has 3 heteroatoms. The van der Waals surface area contributed by atoms with Gasteiger partial charge in [-0.05, 0) is 22.1 Å². The molecular weight excluding hydrogens is 236 g/mol. The molecule has 3 rings (SSSR count). The van der Waals surface area contributed by atoms with Gasteiger partial charge in [-0.25, -0.2) is 0 Å². The van der Waals surface area contributed by atoms with E-state index in [1.54, 1.807) is 6.07 Å². The summed E-state index contributed by atoms with van der Waals surface area (Å²) in [4.78, 5) is 23.0. The zero-order valence-corrected chi connectivity index (χ0v) is 9.49. The average molecular weight is 243 g/mol. The van der Waals surface area contributed by atoms with Crippen molar-refractivity contribution in [3.63, 3.8) is 0 Å². The lowest BCUT2D eigenvalue weighted by molar-refractivity contribution is -0.129. The molecular formula is C14H7ClO2. The minimum Gasteiger partial charge on any atom is -0.285 e. The van der Waals surface area contributed by atoms with Crippen LogP contribution < -0.4 is 10.4 Å². The Labute approximate surface area is 102 Å². The minimum atomic E-state index is -0.630. The van der Waals surface area contributed by atoms with Gasteiger partial charge >= 0.3 is 0 Å². The Morgan fingerprint density at radius 2 is 1.71 bits per heavy atom. The Morgan fingerprint density at radius 1 is 0.941 bits per heavy atom. The number of carbonyl (C=O) groups excluding carboxylic acids is 2. The van der Waals surface area contributed by atoms with E-state index in [4.69, 9.17) is 11.6 Å². The van der Waals surface area contributed by atoms with E-state index in [1.807, 2.05) is 30.3 Å². The quantitative estimate of drug-likeness (QED) is 0.649. The van der Waals surface area contributed by atoms with Gasteiger partial charge in [-0.15, -0.1) is 0 Å². The van der Waals surface area contributed by atoms with Gasteiger partial charge in [0, 0.05) is 5.22 Å². The molecule has 2 aromatic carbocycles. The van der Waals surface area contributed by atoms with Crippen molar-refractivity contribution in [1.29, 1.82) is 0 Å². The van der Waals surface area contributed by atoms with Crippen molar-refractivity contribution in [3.05, 3.63) is 46.8 Å². The predicted octanol–water partition coefficient (Wildman–Crippen LogP) is 1.12. The molecule has 0 atom stereocenters. The first kappa shape index (κ1) is 10.2. The van der Waals surface area contributed by atoms with Crippen molar-refractivity contribution in [1.82, 2.24) is 0 Å². The van der Waals surface area contributed by atoms with E-state index in [0.717, 1.165) is 16.0 Å². The highest BCUT2D eigenvalue weighted by Crippen LogP contribution is 2.11. The zero-order chi connectivity index (χ0) is 12.0. The number of rotatable bonds is 0. The number of fused-ring (bicyclic) bond motifs is 3. The fraction of sp³-hybridized carbons (Fsp3) is 0. The number of hydrogen-bond acceptors (Lipinski definition) is 2. The molecule has 0 aromatic heterocycles. The minimum absolute atomic E-state index is 0.0123. The highest BCUT2D eigenvalue weighted by molar-refractivity contribution is 6.76. The maximum Gasteiger partial charge on any atom is 0.244 e. The van der Waals surface area contributed by atoms with Gasteiger partial charge in [-0.3, -0.25) is 9.59 Å². The molecule has 2 nitrogen and oxygen atoms in total. The van der Waals surface area contributed by atoms with Crippen molar-refractivity contribution < 1.29 is 9.59 Å². The summed E-state index contributed by atoms with van der Waals surface area (Å²) in [5, 5.41) is 3.34. The smallest absolute Gasteiger partial charge is 0.244 e. The number of hydrogen-bond donors (Lipinski definition) is 0. The van der Waals surface area contributed by atoms with Gasteiger partial charge in [-0.1, -0.05) is 48.0 Å². The summed E-state index contributed by atoms with van der Waals surface area (Å²) >= 11 is 5.92. The Bertz CT molecular complexity index is 787. The molecule has 0 fully saturated rings. The van der Waals surface area contributed by atoms with Gasteiger partial charge in [0.2, 0.25) is 11.6 Å². The standard InChI is InChI=1S/C14H7ClO2/c15-13-10-6-5-8-3-1-2-4-9(8)11(10)7-12(16)14(13)17/h1-7H. The van der Waals surface area contributed by atoms with E-state index < -0.39 is 11.6 Å². The normalized spacial score (nSPS) is 14.8. The average Bonchev–Trinajstić information content (AvgIpc) is 2.36. The number of carbonyl (C=O) groups is 2. The second kappa shape index (κ2) is 3.54. The van der Waals surface area contributed by atoms with Crippen LogP contribution in [0.15, 0.2) is 36.4 Å². The van der Waals surface area contributed by atoms with Crippen molar-refractivity contribution in [3.8, 4) is 0 Å². The first-order valence-corrected chi connectivity index (χ1v) is 5.54. The molecule has 17 heavy (non-hydrogen) atoms. The van der Waals surface area contributed by atoms with Crippen molar-refractivity contribution >= 4 is 45.0 Å². The van der Waals surface area contributed by atoms with Crippen LogP contribution in [0.3, 0.4) is 0 Å². The summed E-state index contributed by atoms with van der Waals surface area (Å²) < 4.78 is 0. The zero-order valence-electron chi connectivity index (χ0n) is 8.74. The van der Waals surface area contributed by atoms with E-state index >= 15 is 0 Å².